The summed E-state index contributed by atoms with van der Waals surface area (Å²) in [6.45, 7) is 7.22. The Bertz CT molecular complexity index is 890. The molecule has 2 aromatic rings. The van der Waals surface area contributed by atoms with Crippen LogP contribution in [0.2, 0.25) is 0 Å². The van der Waals surface area contributed by atoms with Crippen molar-refractivity contribution in [3.63, 3.8) is 0 Å². The van der Waals surface area contributed by atoms with E-state index >= 15 is 0 Å². The summed E-state index contributed by atoms with van der Waals surface area (Å²) in [7, 11) is 0. The van der Waals surface area contributed by atoms with Gasteiger partial charge in [-0.3, -0.25) is 14.4 Å². The van der Waals surface area contributed by atoms with Crippen molar-refractivity contribution in [3.8, 4) is 0 Å². The largest absolute Gasteiger partial charge is 0.385 e. The second kappa shape index (κ2) is 8.48. The van der Waals surface area contributed by atoms with E-state index in [2.05, 4.69) is 16.9 Å². The van der Waals surface area contributed by atoms with Gasteiger partial charge in [-0.2, -0.15) is 4.98 Å². The maximum atomic E-state index is 12.4. The normalized spacial score (nSPS) is 11.6. The summed E-state index contributed by atoms with van der Waals surface area (Å²) in [6, 6.07) is 7.86. The fraction of sp³-hybridized carbons (Fsp3) is 0.222. The van der Waals surface area contributed by atoms with E-state index < -0.39 is 10.8 Å². The number of amides is 1. The molecule has 0 aliphatic heterocycles. The van der Waals surface area contributed by atoms with Crippen molar-refractivity contribution in [2.75, 3.05) is 11.1 Å². The van der Waals surface area contributed by atoms with Crippen LogP contribution < -0.4 is 16.6 Å². The average Bonchev–Trinajstić information content (AvgIpc) is 2.58. The summed E-state index contributed by atoms with van der Waals surface area (Å²) < 4.78 is 1.62. The van der Waals surface area contributed by atoms with E-state index in [-0.39, 0.29) is 17.5 Å². The van der Waals surface area contributed by atoms with Gasteiger partial charge in [-0.05, 0) is 38.1 Å². The van der Waals surface area contributed by atoms with Crippen molar-refractivity contribution < 1.29 is 9.59 Å². The number of allylic oxidation sites excluding steroid dienone is 1. The van der Waals surface area contributed by atoms with Gasteiger partial charge >= 0.3 is 0 Å². The maximum absolute atomic E-state index is 12.4. The molecule has 136 valence electrons. The SMILES string of the molecule is C=CCn1c(N)cc(=O)nc1S[C@H](C)C(=O)Nc1ccc(C(C)=O)cc1. The van der Waals surface area contributed by atoms with Crippen molar-refractivity contribution in [1.82, 2.24) is 9.55 Å². The molecule has 1 atom stereocenters. The van der Waals surface area contributed by atoms with E-state index in [1.807, 2.05) is 0 Å². The first-order valence-electron chi connectivity index (χ1n) is 7.88. The van der Waals surface area contributed by atoms with Crippen LogP contribution >= 0.6 is 11.8 Å². The van der Waals surface area contributed by atoms with Gasteiger partial charge in [0, 0.05) is 23.9 Å². The highest BCUT2D eigenvalue weighted by Gasteiger charge is 2.18. The number of nitrogen functional groups attached to an aromatic ring is 1. The standard InChI is InChI=1S/C18H20N4O3S/c1-4-9-22-15(19)10-16(24)21-18(22)26-12(3)17(25)20-14-7-5-13(6-8-14)11(2)23/h4-8,10,12H,1,9,19H2,2-3H3,(H,20,25)/t12-/m1/s1. The Balaban J connectivity index is 2.13. The van der Waals surface area contributed by atoms with Gasteiger partial charge in [0.1, 0.15) is 5.82 Å². The molecule has 0 bridgehead atoms. The number of rotatable bonds is 7. The highest BCUT2D eigenvalue weighted by atomic mass is 32.2. The van der Waals surface area contributed by atoms with Crippen molar-refractivity contribution in [1.29, 1.82) is 0 Å². The second-order valence-corrected chi connectivity index (χ2v) is 6.89. The minimum absolute atomic E-state index is 0.0419. The minimum Gasteiger partial charge on any atom is -0.385 e. The summed E-state index contributed by atoms with van der Waals surface area (Å²) in [5.41, 5.74) is 6.55. The maximum Gasteiger partial charge on any atom is 0.275 e. The fourth-order valence-electron chi connectivity index (χ4n) is 2.15. The lowest BCUT2D eigenvalue weighted by Crippen LogP contribution is -2.25. The zero-order valence-corrected chi connectivity index (χ0v) is 15.4. The lowest BCUT2D eigenvalue weighted by molar-refractivity contribution is -0.115. The zero-order valence-electron chi connectivity index (χ0n) is 14.6. The highest BCUT2D eigenvalue weighted by Crippen LogP contribution is 2.23. The second-order valence-electron chi connectivity index (χ2n) is 5.58. The third kappa shape index (κ3) is 4.82. The molecule has 1 heterocycles. The first-order valence-corrected chi connectivity index (χ1v) is 8.76. The van der Waals surface area contributed by atoms with E-state index in [4.69, 9.17) is 5.73 Å². The molecule has 0 unspecified atom stereocenters. The number of nitrogens with two attached hydrogens (primary N) is 1. The van der Waals surface area contributed by atoms with E-state index in [1.54, 1.807) is 41.8 Å². The summed E-state index contributed by atoms with van der Waals surface area (Å²) in [4.78, 5) is 39.3. The monoisotopic (exact) mass is 372 g/mol. The number of Topliss-reactive ketones (excluding diaryl/α,β-unsaturated/α-hetero) is 1. The molecule has 0 spiro atoms. The van der Waals surface area contributed by atoms with Gasteiger partial charge < -0.3 is 15.6 Å². The van der Waals surface area contributed by atoms with Crippen molar-refractivity contribution in [2.24, 2.45) is 0 Å². The molecule has 1 aromatic carbocycles. The molecule has 0 radical (unpaired) electrons. The van der Waals surface area contributed by atoms with Crippen LogP contribution in [0.3, 0.4) is 0 Å². The third-order valence-electron chi connectivity index (χ3n) is 3.54. The number of carbonyl (C=O) groups excluding carboxylic acids is 2. The smallest absolute Gasteiger partial charge is 0.275 e. The first kappa shape index (κ1) is 19.5. The molecule has 2 rings (SSSR count). The molecule has 1 aromatic heterocycles. The van der Waals surface area contributed by atoms with E-state index in [9.17, 15) is 14.4 Å². The lowest BCUT2D eigenvalue weighted by Gasteiger charge is -2.16. The van der Waals surface area contributed by atoms with Gasteiger partial charge in [-0.15, -0.1) is 6.58 Å². The van der Waals surface area contributed by atoms with Crippen LogP contribution in [0.5, 0.6) is 0 Å². The molecular weight excluding hydrogens is 352 g/mol. The fourth-order valence-corrected chi connectivity index (χ4v) is 3.08. The Morgan fingerprint density at radius 1 is 1.38 bits per heavy atom. The van der Waals surface area contributed by atoms with Gasteiger partial charge in [0.2, 0.25) is 5.91 Å². The van der Waals surface area contributed by atoms with Crippen LogP contribution in [0.15, 0.2) is 52.9 Å². The van der Waals surface area contributed by atoms with Gasteiger partial charge in [-0.25, -0.2) is 0 Å². The molecule has 8 heteroatoms. The van der Waals surface area contributed by atoms with E-state index in [0.29, 0.717) is 23.0 Å². The predicted octanol–water partition coefficient (Wildman–Crippen LogP) is 2.33. The molecule has 3 N–H and O–H groups in total. The molecule has 0 fully saturated rings. The van der Waals surface area contributed by atoms with E-state index in [1.165, 1.54) is 13.0 Å². The molecule has 0 aliphatic carbocycles. The number of benzene rings is 1. The summed E-state index contributed by atoms with van der Waals surface area (Å²) >= 11 is 1.13. The van der Waals surface area contributed by atoms with Gasteiger partial charge in [0.15, 0.2) is 10.9 Å². The van der Waals surface area contributed by atoms with Crippen LogP contribution in [0.25, 0.3) is 0 Å². The number of nitrogens with zero attached hydrogens (tertiary/aromatic N) is 2. The van der Waals surface area contributed by atoms with Crippen molar-refractivity contribution >= 4 is 35.0 Å². The number of hydrogen-bond acceptors (Lipinski definition) is 6. The number of anilines is 2. The van der Waals surface area contributed by atoms with Crippen LogP contribution in [-0.2, 0) is 11.3 Å². The third-order valence-corrected chi connectivity index (χ3v) is 4.63. The Morgan fingerprint density at radius 2 is 2.04 bits per heavy atom. The van der Waals surface area contributed by atoms with Crippen LogP contribution in [0.4, 0.5) is 11.5 Å². The zero-order chi connectivity index (χ0) is 19.3. The van der Waals surface area contributed by atoms with Crippen molar-refractivity contribution in [2.45, 2.75) is 30.8 Å². The molecule has 0 aliphatic rings. The number of carbonyl (C=O) groups is 2. The summed E-state index contributed by atoms with van der Waals surface area (Å²) in [5, 5.41) is 2.60. The van der Waals surface area contributed by atoms with E-state index in [0.717, 1.165) is 11.8 Å². The quantitative estimate of drug-likeness (QED) is 0.334. The average molecular weight is 372 g/mol. The number of hydrogen-bond donors (Lipinski definition) is 2. The molecular formula is C18H20N4O3S. The van der Waals surface area contributed by atoms with Crippen molar-refractivity contribution in [3.05, 3.63) is 58.9 Å². The highest BCUT2D eigenvalue weighted by molar-refractivity contribution is 8.00. The number of thioether (sulfide) groups is 1. The van der Waals surface area contributed by atoms with Crippen LogP contribution in [-0.4, -0.2) is 26.5 Å². The number of aromatic nitrogens is 2. The molecule has 0 saturated carbocycles. The Morgan fingerprint density at radius 3 is 2.62 bits per heavy atom. The summed E-state index contributed by atoms with van der Waals surface area (Å²) in [6.07, 6.45) is 1.63. The van der Waals surface area contributed by atoms with Crippen LogP contribution in [0, 0.1) is 0 Å². The molecule has 26 heavy (non-hydrogen) atoms. The van der Waals surface area contributed by atoms with Crippen LogP contribution in [0.1, 0.15) is 24.2 Å². The first-order chi connectivity index (χ1) is 12.3. The Labute approximate surface area is 155 Å². The van der Waals surface area contributed by atoms with Gasteiger partial charge in [0.25, 0.3) is 5.56 Å². The van der Waals surface area contributed by atoms with Gasteiger partial charge in [0.05, 0.1) is 5.25 Å². The van der Waals surface area contributed by atoms with Gasteiger partial charge in [-0.1, -0.05) is 17.8 Å². The number of ketones is 1. The lowest BCUT2D eigenvalue weighted by atomic mass is 10.1. The molecule has 7 nitrogen and oxygen atoms in total. The Kier molecular flexibility index (Phi) is 6.35. The molecule has 0 saturated heterocycles. The topological polar surface area (TPSA) is 107 Å². The number of nitrogens with one attached hydrogen (secondary N) is 1. The minimum atomic E-state index is -0.521. The summed E-state index contributed by atoms with van der Waals surface area (Å²) in [5.74, 6) is -0.0352. The Hall–Kier alpha value is -2.87. The predicted molar refractivity (Wildman–Crippen MR) is 104 cm³/mol. The molecule has 1 amide bonds.